The number of ketones is 1. The van der Waals surface area contributed by atoms with E-state index >= 15 is 0 Å². The number of fused-ring (bicyclic) bond motifs is 3. The van der Waals surface area contributed by atoms with Gasteiger partial charge in [0, 0.05) is 17.3 Å². The molecule has 3 aliphatic carbocycles. The molecule has 0 heterocycles. The first kappa shape index (κ1) is 16.5. The zero-order chi connectivity index (χ0) is 19.4. The van der Waals surface area contributed by atoms with E-state index in [4.69, 9.17) is 0 Å². The maximum Gasteiger partial charge on any atom is 0.178 e. The van der Waals surface area contributed by atoms with E-state index in [9.17, 15) is 4.79 Å². The van der Waals surface area contributed by atoms with E-state index in [1.807, 2.05) is 12.2 Å². The Labute approximate surface area is 170 Å². The van der Waals surface area contributed by atoms with Gasteiger partial charge in [-0.3, -0.25) is 4.79 Å². The number of hydrogen-bond donors (Lipinski definition) is 0. The number of hydrogen-bond acceptors (Lipinski definition) is 1. The van der Waals surface area contributed by atoms with Gasteiger partial charge in [-0.05, 0) is 45.6 Å². The molecule has 0 radical (unpaired) electrons. The van der Waals surface area contributed by atoms with Gasteiger partial charge in [-0.15, -0.1) is 0 Å². The van der Waals surface area contributed by atoms with Crippen LogP contribution in [0.2, 0.25) is 0 Å². The van der Waals surface area contributed by atoms with Crippen molar-refractivity contribution in [2.75, 3.05) is 0 Å². The van der Waals surface area contributed by atoms with E-state index in [0.29, 0.717) is 11.8 Å². The summed E-state index contributed by atoms with van der Waals surface area (Å²) in [5.74, 6) is 0.733. The van der Waals surface area contributed by atoms with Crippen LogP contribution >= 0.6 is 0 Å². The molecule has 29 heavy (non-hydrogen) atoms. The highest BCUT2D eigenvalue weighted by Gasteiger charge is 2.72. The molecular weight excluding hydrogens is 352 g/mol. The number of benzene rings is 3. The third kappa shape index (κ3) is 2.19. The second-order valence-electron chi connectivity index (χ2n) is 8.09. The van der Waals surface area contributed by atoms with Crippen LogP contribution in [0.15, 0.2) is 120 Å². The molecule has 2 atom stereocenters. The number of rotatable bonds is 3. The van der Waals surface area contributed by atoms with Gasteiger partial charge in [-0.25, -0.2) is 0 Å². The van der Waals surface area contributed by atoms with E-state index < -0.39 is 0 Å². The largest absolute Gasteiger partial charge is 0.290 e. The van der Waals surface area contributed by atoms with Gasteiger partial charge < -0.3 is 0 Å². The maximum absolute atomic E-state index is 12.3. The molecule has 0 spiro atoms. The summed E-state index contributed by atoms with van der Waals surface area (Å²) in [6.07, 6.45) is 5.61. The topological polar surface area (TPSA) is 17.1 Å². The van der Waals surface area contributed by atoms with Crippen LogP contribution < -0.4 is 0 Å². The van der Waals surface area contributed by atoms with Crippen molar-refractivity contribution in [3.05, 3.63) is 137 Å². The molecule has 0 saturated heterocycles. The van der Waals surface area contributed by atoms with Crippen LogP contribution in [0.25, 0.3) is 5.57 Å². The van der Waals surface area contributed by atoms with Crippen LogP contribution in [0.5, 0.6) is 0 Å². The molecule has 0 bridgehead atoms. The molecule has 1 nitrogen and oxygen atoms in total. The summed E-state index contributed by atoms with van der Waals surface area (Å²) in [6.45, 7) is 0. The van der Waals surface area contributed by atoms with Crippen LogP contribution in [0.4, 0.5) is 0 Å². The Morgan fingerprint density at radius 2 is 1.17 bits per heavy atom. The molecule has 1 saturated carbocycles. The van der Waals surface area contributed by atoms with Gasteiger partial charge in [0.2, 0.25) is 0 Å². The molecule has 3 aliphatic rings. The van der Waals surface area contributed by atoms with Crippen molar-refractivity contribution in [2.45, 2.75) is 5.41 Å². The van der Waals surface area contributed by atoms with Crippen molar-refractivity contribution in [2.24, 2.45) is 11.8 Å². The van der Waals surface area contributed by atoms with E-state index in [1.54, 1.807) is 6.08 Å². The lowest BCUT2D eigenvalue weighted by molar-refractivity contribution is -0.110. The highest BCUT2D eigenvalue weighted by atomic mass is 16.1. The lowest BCUT2D eigenvalue weighted by atomic mass is 9.76. The van der Waals surface area contributed by atoms with Gasteiger partial charge in [0.05, 0.1) is 0 Å². The number of allylic oxidation sites excluding steroid dienone is 6. The van der Waals surface area contributed by atoms with E-state index in [2.05, 4.69) is 91.0 Å². The fourth-order valence-corrected chi connectivity index (χ4v) is 5.68. The Bertz CT molecular complexity index is 1160. The average Bonchev–Trinajstić information content (AvgIpc) is 3.36. The average molecular weight is 372 g/mol. The predicted octanol–water partition coefficient (Wildman–Crippen LogP) is 5.75. The predicted molar refractivity (Wildman–Crippen MR) is 116 cm³/mol. The van der Waals surface area contributed by atoms with Crippen molar-refractivity contribution >= 4 is 11.4 Å². The van der Waals surface area contributed by atoms with Crippen molar-refractivity contribution in [3.63, 3.8) is 0 Å². The van der Waals surface area contributed by atoms with Gasteiger partial charge in [-0.1, -0.05) is 97.1 Å². The monoisotopic (exact) mass is 372 g/mol. The minimum Gasteiger partial charge on any atom is -0.290 e. The Morgan fingerprint density at radius 3 is 1.76 bits per heavy atom. The van der Waals surface area contributed by atoms with Crippen molar-refractivity contribution in [1.29, 1.82) is 0 Å². The molecule has 0 aliphatic heterocycles. The third-order valence-electron chi connectivity index (χ3n) is 6.75. The minimum atomic E-state index is -0.117. The van der Waals surface area contributed by atoms with Crippen molar-refractivity contribution in [1.82, 2.24) is 0 Å². The van der Waals surface area contributed by atoms with Crippen LogP contribution in [-0.4, -0.2) is 5.78 Å². The van der Waals surface area contributed by atoms with Crippen LogP contribution in [-0.2, 0) is 10.2 Å². The zero-order valence-electron chi connectivity index (χ0n) is 16.0. The van der Waals surface area contributed by atoms with E-state index in [0.717, 1.165) is 0 Å². The second-order valence-corrected chi connectivity index (χ2v) is 8.09. The van der Waals surface area contributed by atoms with Gasteiger partial charge >= 0.3 is 0 Å². The van der Waals surface area contributed by atoms with Crippen LogP contribution in [0.3, 0.4) is 0 Å². The fourth-order valence-electron chi connectivity index (χ4n) is 5.68. The molecule has 0 N–H and O–H groups in total. The van der Waals surface area contributed by atoms with Gasteiger partial charge in [0.25, 0.3) is 0 Å². The molecule has 3 aromatic carbocycles. The van der Waals surface area contributed by atoms with Crippen LogP contribution in [0.1, 0.15) is 16.7 Å². The molecule has 0 aromatic heterocycles. The zero-order valence-corrected chi connectivity index (χ0v) is 16.0. The lowest BCUT2D eigenvalue weighted by Gasteiger charge is -2.26. The maximum atomic E-state index is 12.3. The highest BCUT2D eigenvalue weighted by Crippen LogP contribution is 2.76. The SMILES string of the molecule is O=C1C=CC2=C(c3ccccc3)C3C(C2=C1)C3(c1ccccc1)c1ccccc1. The number of carbonyl (C=O) groups excluding carboxylic acids is 1. The summed E-state index contributed by atoms with van der Waals surface area (Å²) in [5, 5.41) is 0. The summed E-state index contributed by atoms with van der Waals surface area (Å²) in [5.41, 5.74) is 7.62. The summed E-state index contributed by atoms with van der Waals surface area (Å²) < 4.78 is 0. The van der Waals surface area contributed by atoms with Crippen molar-refractivity contribution in [3.8, 4) is 0 Å². The van der Waals surface area contributed by atoms with Gasteiger partial charge in [-0.2, -0.15) is 0 Å². The highest BCUT2D eigenvalue weighted by molar-refractivity contribution is 6.06. The smallest absolute Gasteiger partial charge is 0.178 e. The molecule has 6 rings (SSSR count). The van der Waals surface area contributed by atoms with Gasteiger partial charge in [0.15, 0.2) is 5.78 Å². The summed E-state index contributed by atoms with van der Waals surface area (Å²) in [4.78, 5) is 12.3. The standard InChI is InChI=1S/C28H20O/c29-22-16-17-23-24(18-22)26-27(25(23)19-10-4-1-5-11-19)28(26,20-12-6-2-7-13-20)21-14-8-3-9-15-21/h1-18,26-27H. The molecule has 1 heteroatoms. The Morgan fingerprint density at radius 1 is 0.621 bits per heavy atom. The number of carbonyl (C=O) groups is 1. The van der Waals surface area contributed by atoms with E-state index in [-0.39, 0.29) is 11.2 Å². The molecule has 0 amide bonds. The molecule has 138 valence electrons. The normalized spacial score (nSPS) is 23.4. The molecule has 1 fully saturated rings. The minimum absolute atomic E-state index is 0.0961. The molecule has 3 aromatic rings. The Hall–Kier alpha value is -3.45. The van der Waals surface area contributed by atoms with Gasteiger partial charge in [0.1, 0.15) is 0 Å². The summed E-state index contributed by atoms with van der Waals surface area (Å²) in [7, 11) is 0. The third-order valence-corrected chi connectivity index (χ3v) is 6.75. The second kappa shape index (κ2) is 6.02. The first-order chi connectivity index (χ1) is 14.3. The quantitative estimate of drug-likeness (QED) is 0.572. The van der Waals surface area contributed by atoms with Crippen LogP contribution in [0, 0.1) is 11.8 Å². The van der Waals surface area contributed by atoms with E-state index in [1.165, 1.54) is 33.4 Å². The fraction of sp³-hybridized carbons (Fsp3) is 0.107. The lowest BCUT2D eigenvalue weighted by Crippen LogP contribution is -2.19. The molecule has 2 unspecified atom stereocenters. The Kier molecular flexibility index (Phi) is 3.43. The molecular formula is C28H20O. The summed E-state index contributed by atoms with van der Waals surface area (Å²) >= 11 is 0. The first-order valence-electron chi connectivity index (χ1n) is 10.2. The van der Waals surface area contributed by atoms with Crippen molar-refractivity contribution < 1.29 is 4.79 Å². The Balaban J connectivity index is 1.64. The summed E-state index contributed by atoms with van der Waals surface area (Å²) in [6, 6.07) is 32.3. The first-order valence-corrected chi connectivity index (χ1v) is 10.2.